The molecule has 0 unspecified atom stereocenters. The van der Waals surface area contributed by atoms with Gasteiger partial charge in [-0.25, -0.2) is 19.6 Å². The predicted octanol–water partition coefficient (Wildman–Crippen LogP) is 2.44. The topological polar surface area (TPSA) is 75.9 Å². The summed E-state index contributed by atoms with van der Waals surface area (Å²) < 4.78 is 26.9. The van der Waals surface area contributed by atoms with Gasteiger partial charge in [-0.2, -0.15) is 4.98 Å². The van der Waals surface area contributed by atoms with Crippen molar-refractivity contribution in [3.8, 4) is 0 Å². The monoisotopic (exact) mass is 271 g/mol. The van der Waals surface area contributed by atoms with Crippen LogP contribution in [0.25, 0.3) is 0 Å². The average Bonchev–Trinajstić information content (AvgIpc) is 2.36. The molecule has 0 amide bonds. The molecule has 0 fully saturated rings. The van der Waals surface area contributed by atoms with Crippen molar-refractivity contribution in [1.29, 1.82) is 0 Å². The second kappa shape index (κ2) is 5.11. The van der Waals surface area contributed by atoms with E-state index in [1.54, 1.807) is 0 Å². The summed E-state index contributed by atoms with van der Waals surface area (Å²) in [6, 6.07) is 3.85. The molecule has 0 spiro atoms. The number of hydrogen-bond donors (Lipinski definition) is 3. The van der Waals surface area contributed by atoms with E-state index >= 15 is 0 Å². The normalized spacial score (nSPS) is 10.2. The smallest absolute Gasteiger partial charge is 0.239 e. The van der Waals surface area contributed by atoms with Crippen LogP contribution < -0.4 is 16.6 Å². The lowest BCUT2D eigenvalue weighted by Crippen LogP contribution is -2.12. The van der Waals surface area contributed by atoms with E-state index in [1.165, 1.54) is 12.1 Å². The molecule has 2 aromatic rings. The van der Waals surface area contributed by atoms with Gasteiger partial charge in [0.15, 0.2) is 11.6 Å². The molecule has 0 atom stereocenters. The van der Waals surface area contributed by atoms with Crippen molar-refractivity contribution < 1.29 is 8.78 Å². The van der Waals surface area contributed by atoms with Gasteiger partial charge < -0.3 is 5.32 Å². The van der Waals surface area contributed by atoms with Crippen LogP contribution in [0.1, 0.15) is 0 Å². The first-order chi connectivity index (χ1) is 8.60. The van der Waals surface area contributed by atoms with Crippen molar-refractivity contribution in [2.24, 2.45) is 5.84 Å². The Morgan fingerprint density at radius 3 is 2.72 bits per heavy atom. The second-order valence-corrected chi connectivity index (χ2v) is 3.72. The molecule has 0 saturated carbocycles. The number of hydrazine groups is 1. The van der Waals surface area contributed by atoms with Crippen LogP contribution in [0.5, 0.6) is 0 Å². The zero-order valence-electron chi connectivity index (χ0n) is 8.92. The van der Waals surface area contributed by atoms with E-state index in [4.69, 9.17) is 17.4 Å². The van der Waals surface area contributed by atoms with E-state index < -0.39 is 11.6 Å². The lowest BCUT2D eigenvalue weighted by atomic mass is 10.3. The number of anilines is 3. The van der Waals surface area contributed by atoms with Crippen molar-refractivity contribution in [3.63, 3.8) is 0 Å². The van der Waals surface area contributed by atoms with Crippen molar-refractivity contribution in [2.75, 3.05) is 10.7 Å². The Morgan fingerprint density at radius 2 is 2.00 bits per heavy atom. The van der Waals surface area contributed by atoms with Crippen LogP contribution in [0.4, 0.5) is 26.2 Å². The van der Waals surface area contributed by atoms with Crippen LogP contribution in [0, 0.1) is 11.6 Å². The zero-order valence-corrected chi connectivity index (χ0v) is 9.67. The highest BCUT2D eigenvalue weighted by Gasteiger charge is 2.10. The van der Waals surface area contributed by atoms with E-state index in [2.05, 4.69) is 20.7 Å². The number of hydrogen-bond acceptors (Lipinski definition) is 5. The molecule has 1 aromatic heterocycles. The fourth-order valence-corrected chi connectivity index (χ4v) is 1.42. The van der Waals surface area contributed by atoms with E-state index in [1.807, 2.05) is 0 Å². The molecular formula is C10H8ClF2N5. The van der Waals surface area contributed by atoms with Crippen LogP contribution in [-0.2, 0) is 0 Å². The Balaban J connectivity index is 2.36. The van der Waals surface area contributed by atoms with Gasteiger partial charge in [-0.05, 0) is 18.2 Å². The maximum absolute atomic E-state index is 13.4. The fourth-order valence-electron chi connectivity index (χ4n) is 1.25. The first kappa shape index (κ1) is 12.5. The molecule has 4 N–H and O–H groups in total. The number of rotatable bonds is 3. The standard InChI is InChI=1S/C10H8ClF2N5/c11-5-1-2-6(12)8(3-5)16-9-7(13)4-15-10(17-9)18-14/h1-4H,14H2,(H2,15,16,17,18). The molecule has 8 heteroatoms. The van der Waals surface area contributed by atoms with Gasteiger partial charge in [-0.15, -0.1) is 0 Å². The summed E-state index contributed by atoms with van der Waals surface area (Å²) >= 11 is 5.72. The van der Waals surface area contributed by atoms with Crippen LogP contribution >= 0.6 is 11.6 Å². The Kier molecular flexibility index (Phi) is 3.54. The highest BCUT2D eigenvalue weighted by molar-refractivity contribution is 6.30. The zero-order chi connectivity index (χ0) is 13.1. The Labute approximate surface area is 106 Å². The first-order valence-electron chi connectivity index (χ1n) is 4.81. The third kappa shape index (κ3) is 2.63. The Bertz CT molecular complexity index is 578. The first-order valence-corrected chi connectivity index (χ1v) is 5.19. The van der Waals surface area contributed by atoms with Crippen LogP contribution in [0.2, 0.25) is 5.02 Å². The lowest BCUT2D eigenvalue weighted by molar-refractivity contribution is 0.616. The summed E-state index contributed by atoms with van der Waals surface area (Å²) in [5.74, 6) is 3.56. The van der Waals surface area contributed by atoms with Gasteiger partial charge in [0.05, 0.1) is 11.9 Å². The number of nitrogens with two attached hydrogens (primary N) is 1. The SMILES string of the molecule is NNc1ncc(F)c(Nc2cc(Cl)ccc2F)n1. The molecule has 94 valence electrons. The summed E-state index contributed by atoms with van der Waals surface area (Å²) in [6.07, 6.45) is 0.910. The van der Waals surface area contributed by atoms with Crippen LogP contribution in [-0.4, -0.2) is 9.97 Å². The van der Waals surface area contributed by atoms with Crippen molar-refractivity contribution in [2.45, 2.75) is 0 Å². The van der Waals surface area contributed by atoms with Gasteiger partial charge in [-0.1, -0.05) is 11.6 Å². The van der Waals surface area contributed by atoms with Crippen LogP contribution in [0.15, 0.2) is 24.4 Å². The van der Waals surface area contributed by atoms with Gasteiger partial charge >= 0.3 is 0 Å². The maximum atomic E-state index is 13.4. The summed E-state index contributed by atoms with van der Waals surface area (Å²) in [7, 11) is 0. The quantitative estimate of drug-likeness (QED) is 0.590. The number of nitrogen functional groups attached to an aromatic ring is 1. The van der Waals surface area contributed by atoms with Gasteiger partial charge in [0.2, 0.25) is 5.95 Å². The van der Waals surface area contributed by atoms with Gasteiger partial charge in [0.25, 0.3) is 0 Å². The minimum Gasteiger partial charge on any atom is -0.335 e. The summed E-state index contributed by atoms with van der Waals surface area (Å²) in [5.41, 5.74) is 2.16. The third-order valence-electron chi connectivity index (χ3n) is 2.05. The molecule has 0 aliphatic heterocycles. The van der Waals surface area contributed by atoms with E-state index in [0.29, 0.717) is 5.02 Å². The van der Waals surface area contributed by atoms with Crippen molar-refractivity contribution in [1.82, 2.24) is 9.97 Å². The Hall–Kier alpha value is -1.99. The lowest BCUT2D eigenvalue weighted by Gasteiger charge is -2.08. The predicted molar refractivity (Wildman–Crippen MR) is 64.5 cm³/mol. The second-order valence-electron chi connectivity index (χ2n) is 3.28. The molecule has 1 aromatic carbocycles. The minimum atomic E-state index is -0.742. The average molecular weight is 272 g/mol. The fraction of sp³-hybridized carbons (Fsp3) is 0. The summed E-state index contributed by atoms with van der Waals surface area (Å²) in [4.78, 5) is 7.27. The highest BCUT2D eigenvalue weighted by Crippen LogP contribution is 2.24. The highest BCUT2D eigenvalue weighted by atomic mass is 35.5. The number of nitrogens with zero attached hydrogens (tertiary/aromatic N) is 2. The van der Waals surface area contributed by atoms with Crippen molar-refractivity contribution in [3.05, 3.63) is 41.1 Å². The molecule has 5 nitrogen and oxygen atoms in total. The largest absolute Gasteiger partial charge is 0.335 e. The summed E-state index contributed by atoms with van der Waals surface area (Å²) in [6.45, 7) is 0. The minimum absolute atomic E-state index is 0.00124. The number of nitrogens with one attached hydrogen (secondary N) is 2. The van der Waals surface area contributed by atoms with Gasteiger partial charge in [0, 0.05) is 5.02 Å². The molecule has 1 heterocycles. The molecule has 0 aliphatic rings. The third-order valence-corrected chi connectivity index (χ3v) is 2.29. The van der Waals surface area contributed by atoms with E-state index in [-0.39, 0.29) is 17.5 Å². The molecule has 0 aliphatic carbocycles. The number of halogens is 3. The maximum Gasteiger partial charge on any atom is 0.239 e. The van der Waals surface area contributed by atoms with Gasteiger partial charge in [-0.3, -0.25) is 5.43 Å². The molecule has 2 rings (SSSR count). The molecule has 18 heavy (non-hydrogen) atoms. The molecule has 0 bridgehead atoms. The number of benzene rings is 1. The van der Waals surface area contributed by atoms with Gasteiger partial charge in [0.1, 0.15) is 5.82 Å². The molecule has 0 radical (unpaired) electrons. The number of aromatic nitrogens is 2. The van der Waals surface area contributed by atoms with E-state index in [9.17, 15) is 8.78 Å². The van der Waals surface area contributed by atoms with E-state index in [0.717, 1.165) is 12.3 Å². The summed E-state index contributed by atoms with van der Waals surface area (Å²) in [5, 5.41) is 2.79. The van der Waals surface area contributed by atoms with Crippen molar-refractivity contribution >= 4 is 29.1 Å². The molecular weight excluding hydrogens is 264 g/mol. The van der Waals surface area contributed by atoms with Crippen LogP contribution in [0.3, 0.4) is 0 Å². The molecule has 0 saturated heterocycles. The Morgan fingerprint density at radius 1 is 1.22 bits per heavy atom.